The standard InChI is InChI=1S/C27H31FN4O3/c1-4-29-27(35)31(3)21-14-22-25-19(11-12-32(22)26(34)23(21)15(2)33)24-18(9-6-10-20(24)30-25)16-7-5-8-17(28)13-16/h5-10,13,15,21-23,30,33H,4,11-12,14H2,1-3H3,(H,29,35)/t15-,21-,22-,23-/m0/s1. The highest BCUT2D eigenvalue weighted by Gasteiger charge is 2.49. The summed E-state index contributed by atoms with van der Waals surface area (Å²) in [6, 6.07) is 11.6. The van der Waals surface area contributed by atoms with E-state index in [4.69, 9.17) is 0 Å². The van der Waals surface area contributed by atoms with Gasteiger partial charge < -0.3 is 25.2 Å². The van der Waals surface area contributed by atoms with E-state index in [2.05, 4.69) is 10.3 Å². The van der Waals surface area contributed by atoms with Gasteiger partial charge in [0.25, 0.3) is 0 Å². The van der Waals surface area contributed by atoms with Crippen molar-refractivity contribution in [2.75, 3.05) is 20.1 Å². The third-order valence-corrected chi connectivity index (χ3v) is 7.52. The molecule has 0 radical (unpaired) electrons. The molecule has 0 saturated carbocycles. The van der Waals surface area contributed by atoms with E-state index in [1.54, 1.807) is 24.9 Å². The van der Waals surface area contributed by atoms with Crippen LogP contribution in [0.25, 0.3) is 22.0 Å². The molecule has 3 heterocycles. The molecule has 5 rings (SSSR count). The third-order valence-electron chi connectivity index (χ3n) is 7.52. The largest absolute Gasteiger partial charge is 0.393 e. The van der Waals surface area contributed by atoms with Crippen molar-refractivity contribution in [3.05, 3.63) is 59.5 Å². The number of aliphatic hydroxyl groups excluding tert-OH is 1. The summed E-state index contributed by atoms with van der Waals surface area (Å²) in [5, 5.41) is 14.4. The molecule has 2 aromatic carbocycles. The summed E-state index contributed by atoms with van der Waals surface area (Å²) in [6.45, 7) is 4.47. The van der Waals surface area contributed by atoms with Crippen LogP contribution in [0.3, 0.4) is 0 Å². The molecule has 3 N–H and O–H groups in total. The minimum atomic E-state index is -0.881. The molecule has 7 nitrogen and oxygen atoms in total. The van der Waals surface area contributed by atoms with E-state index in [0.717, 1.165) is 33.3 Å². The Kier molecular flexibility index (Phi) is 6.01. The van der Waals surface area contributed by atoms with Crippen molar-refractivity contribution < 1.29 is 19.1 Å². The number of carbonyl (C=O) groups excluding carboxylic acids is 2. The Labute approximate surface area is 203 Å². The molecule has 0 bridgehead atoms. The van der Waals surface area contributed by atoms with Crippen LogP contribution in [0.15, 0.2) is 42.5 Å². The number of rotatable bonds is 4. The van der Waals surface area contributed by atoms with Crippen LogP contribution in [0.2, 0.25) is 0 Å². The first-order valence-electron chi connectivity index (χ1n) is 12.2. The van der Waals surface area contributed by atoms with Crippen molar-refractivity contribution in [3.63, 3.8) is 0 Å². The van der Waals surface area contributed by atoms with Gasteiger partial charge in [-0.1, -0.05) is 24.3 Å². The SMILES string of the molecule is CCNC(=O)N(C)[C@H]1C[C@H]2c3[nH]c4cccc(-c5cccc(F)c5)c4c3CCN2C(=O)[C@H]1[C@H](C)O. The maximum atomic E-state index is 14.0. The first kappa shape index (κ1) is 23.4. The molecule has 35 heavy (non-hydrogen) atoms. The summed E-state index contributed by atoms with van der Waals surface area (Å²) in [4.78, 5) is 33.2. The lowest BCUT2D eigenvalue weighted by atomic mass is 9.79. The number of benzene rings is 2. The van der Waals surface area contributed by atoms with Gasteiger partial charge in [-0.3, -0.25) is 4.79 Å². The molecule has 1 saturated heterocycles. The van der Waals surface area contributed by atoms with Crippen LogP contribution in [0.4, 0.5) is 9.18 Å². The molecule has 0 aliphatic carbocycles. The summed E-state index contributed by atoms with van der Waals surface area (Å²) < 4.78 is 14.0. The molecule has 2 aliphatic heterocycles. The number of amides is 3. The summed E-state index contributed by atoms with van der Waals surface area (Å²) in [5.41, 5.74) is 4.79. The number of hydrogen-bond donors (Lipinski definition) is 3. The van der Waals surface area contributed by atoms with Gasteiger partial charge in [-0.2, -0.15) is 0 Å². The van der Waals surface area contributed by atoms with E-state index >= 15 is 0 Å². The van der Waals surface area contributed by atoms with Gasteiger partial charge in [0, 0.05) is 42.8 Å². The highest BCUT2D eigenvalue weighted by atomic mass is 19.1. The van der Waals surface area contributed by atoms with Crippen LogP contribution in [-0.4, -0.2) is 64.1 Å². The molecule has 8 heteroatoms. The summed E-state index contributed by atoms with van der Waals surface area (Å²) in [7, 11) is 1.69. The maximum Gasteiger partial charge on any atom is 0.317 e. The van der Waals surface area contributed by atoms with Crippen LogP contribution in [0, 0.1) is 11.7 Å². The zero-order valence-corrected chi connectivity index (χ0v) is 20.2. The van der Waals surface area contributed by atoms with Crippen LogP contribution in [0.1, 0.15) is 37.6 Å². The monoisotopic (exact) mass is 478 g/mol. The van der Waals surface area contributed by atoms with Gasteiger partial charge in [-0.05, 0) is 61.6 Å². The molecular weight excluding hydrogens is 447 g/mol. The number of urea groups is 1. The topological polar surface area (TPSA) is 88.7 Å². The Balaban J connectivity index is 1.60. The number of piperidine rings is 1. The number of fused-ring (bicyclic) bond motifs is 5. The molecule has 0 unspecified atom stereocenters. The quantitative estimate of drug-likeness (QED) is 0.533. The number of aromatic nitrogens is 1. The number of H-pyrrole nitrogens is 1. The summed E-state index contributed by atoms with van der Waals surface area (Å²) >= 11 is 0. The average Bonchev–Trinajstić information content (AvgIpc) is 3.22. The number of halogens is 1. The lowest BCUT2D eigenvalue weighted by Crippen LogP contribution is -2.60. The number of aromatic amines is 1. The molecule has 3 amide bonds. The second-order valence-electron chi connectivity index (χ2n) is 9.57. The second-order valence-corrected chi connectivity index (χ2v) is 9.57. The molecule has 3 aromatic rings. The lowest BCUT2D eigenvalue weighted by Gasteiger charge is -2.48. The predicted octanol–water partition coefficient (Wildman–Crippen LogP) is 3.83. The van der Waals surface area contributed by atoms with Gasteiger partial charge in [0.1, 0.15) is 5.82 Å². The molecule has 2 aliphatic rings. The van der Waals surface area contributed by atoms with Crippen LogP contribution in [-0.2, 0) is 11.2 Å². The van der Waals surface area contributed by atoms with E-state index in [1.165, 1.54) is 12.1 Å². The van der Waals surface area contributed by atoms with Crippen molar-refractivity contribution in [3.8, 4) is 11.1 Å². The van der Waals surface area contributed by atoms with Gasteiger partial charge >= 0.3 is 6.03 Å². The predicted molar refractivity (Wildman–Crippen MR) is 132 cm³/mol. The van der Waals surface area contributed by atoms with E-state index < -0.39 is 18.1 Å². The molecule has 1 aromatic heterocycles. The van der Waals surface area contributed by atoms with E-state index in [9.17, 15) is 19.1 Å². The number of nitrogens with zero attached hydrogens (tertiary/aromatic N) is 2. The highest BCUT2D eigenvalue weighted by Crippen LogP contribution is 2.45. The van der Waals surface area contributed by atoms with Gasteiger partial charge in [-0.25, -0.2) is 9.18 Å². The lowest BCUT2D eigenvalue weighted by molar-refractivity contribution is -0.151. The van der Waals surface area contributed by atoms with Gasteiger partial charge in [0.05, 0.1) is 18.1 Å². The van der Waals surface area contributed by atoms with Gasteiger partial charge in [0.15, 0.2) is 0 Å². The van der Waals surface area contributed by atoms with Gasteiger partial charge in [-0.15, -0.1) is 0 Å². The van der Waals surface area contributed by atoms with E-state index in [0.29, 0.717) is 25.9 Å². The van der Waals surface area contributed by atoms with Crippen molar-refractivity contribution >= 4 is 22.8 Å². The van der Waals surface area contributed by atoms with Crippen molar-refractivity contribution in [2.45, 2.75) is 44.9 Å². The second kappa shape index (κ2) is 9.00. The Morgan fingerprint density at radius 3 is 2.80 bits per heavy atom. The Bertz CT molecular complexity index is 1290. The summed E-state index contributed by atoms with van der Waals surface area (Å²) in [6.07, 6.45) is 0.297. The van der Waals surface area contributed by atoms with Gasteiger partial charge in [0.2, 0.25) is 5.91 Å². The number of hydrogen-bond acceptors (Lipinski definition) is 3. The van der Waals surface area contributed by atoms with E-state index in [-0.39, 0.29) is 23.8 Å². The highest BCUT2D eigenvalue weighted by molar-refractivity contribution is 5.99. The molecule has 0 spiro atoms. The fraction of sp³-hybridized carbons (Fsp3) is 0.407. The third kappa shape index (κ3) is 3.86. The minimum absolute atomic E-state index is 0.132. The average molecular weight is 479 g/mol. The molecular formula is C27H31FN4O3. The fourth-order valence-corrected chi connectivity index (χ4v) is 5.92. The fourth-order valence-electron chi connectivity index (χ4n) is 5.92. The van der Waals surface area contributed by atoms with Crippen LogP contribution in [0.5, 0.6) is 0 Å². The maximum absolute atomic E-state index is 14.0. The first-order valence-corrected chi connectivity index (χ1v) is 12.2. The van der Waals surface area contributed by atoms with Crippen molar-refractivity contribution in [1.29, 1.82) is 0 Å². The number of aliphatic hydroxyl groups is 1. The van der Waals surface area contributed by atoms with E-state index in [1.807, 2.05) is 36.1 Å². The van der Waals surface area contributed by atoms with Crippen molar-refractivity contribution in [2.24, 2.45) is 5.92 Å². The molecule has 184 valence electrons. The Morgan fingerprint density at radius 2 is 2.09 bits per heavy atom. The van der Waals surface area contributed by atoms with Crippen LogP contribution < -0.4 is 5.32 Å². The van der Waals surface area contributed by atoms with Crippen LogP contribution >= 0.6 is 0 Å². The first-order chi connectivity index (χ1) is 16.8. The number of carbonyl (C=O) groups is 2. The van der Waals surface area contributed by atoms with Crippen molar-refractivity contribution in [1.82, 2.24) is 20.1 Å². The summed E-state index contributed by atoms with van der Waals surface area (Å²) in [5.74, 6) is -1.10. The molecule has 1 fully saturated rings. The zero-order chi connectivity index (χ0) is 24.9. The zero-order valence-electron chi connectivity index (χ0n) is 20.2. The Hall–Kier alpha value is -3.39. The normalized spacial score (nSPS) is 22.5. The Morgan fingerprint density at radius 1 is 1.31 bits per heavy atom. The minimum Gasteiger partial charge on any atom is -0.393 e. The number of nitrogens with one attached hydrogen (secondary N) is 2. The smallest absolute Gasteiger partial charge is 0.317 e. The molecule has 4 atom stereocenters.